The van der Waals surface area contributed by atoms with Crippen LogP contribution in [0.15, 0.2) is 54.9 Å². The first-order valence-corrected chi connectivity index (χ1v) is 11.2. The Morgan fingerprint density at radius 1 is 1.22 bits per heavy atom. The van der Waals surface area contributed by atoms with E-state index in [0.29, 0.717) is 23.5 Å². The zero-order valence-electron chi connectivity index (χ0n) is 17.2. The Morgan fingerprint density at radius 3 is 2.88 bits per heavy atom. The van der Waals surface area contributed by atoms with Crippen LogP contribution in [0.1, 0.15) is 28.1 Å². The topological polar surface area (TPSA) is 87.4 Å². The van der Waals surface area contributed by atoms with Crippen molar-refractivity contribution in [2.45, 2.75) is 18.9 Å². The van der Waals surface area contributed by atoms with Gasteiger partial charge in [0.25, 0.3) is 5.91 Å². The van der Waals surface area contributed by atoms with Gasteiger partial charge in [-0.25, -0.2) is 8.91 Å². The summed E-state index contributed by atoms with van der Waals surface area (Å²) in [5, 5.41) is 13.3. The van der Waals surface area contributed by atoms with E-state index in [1.54, 1.807) is 21.7 Å². The summed E-state index contributed by atoms with van der Waals surface area (Å²) in [6, 6.07) is 14.0. The zero-order valence-corrected chi connectivity index (χ0v) is 18.0. The molecule has 1 aliphatic heterocycles. The summed E-state index contributed by atoms with van der Waals surface area (Å²) in [7, 11) is 0. The Kier molecular flexibility index (Phi) is 5.21. The molecule has 3 aromatic heterocycles. The minimum absolute atomic E-state index is 0.00943. The highest BCUT2D eigenvalue weighted by molar-refractivity contribution is 7.18. The predicted octanol–water partition coefficient (Wildman–Crippen LogP) is 4.30. The summed E-state index contributed by atoms with van der Waals surface area (Å²) < 4.78 is 16.2. The van der Waals surface area contributed by atoms with E-state index >= 15 is 0 Å². The molecule has 4 aromatic rings. The molecule has 1 saturated heterocycles. The number of thiophene rings is 1. The highest BCUT2D eigenvalue weighted by atomic mass is 32.1. The third-order valence-corrected chi connectivity index (χ3v) is 6.92. The molecule has 32 heavy (non-hydrogen) atoms. The molecule has 1 atom stereocenters. The minimum atomic E-state index is -0.580. The first-order chi connectivity index (χ1) is 15.5. The number of nitriles is 1. The number of carbonyl (C=O) groups is 1. The Bertz CT molecular complexity index is 1370. The Balaban J connectivity index is 1.62. The van der Waals surface area contributed by atoms with Gasteiger partial charge in [-0.05, 0) is 60.4 Å². The fourth-order valence-electron chi connectivity index (χ4n) is 4.11. The molecular weight excluding hydrogens is 425 g/mol. The second-order valence-corrected chi connectivity index (χ2v) is 8.98. The highest BCUT2D eigenvalue weighted by Gasteiger charge is 2.25. The normalized spacial score (nSPS) is 16.3. The first-order valence-electron chi connectivity index (χ1n) is 10.4. The number of benzene rings is 1. The predicted molar refractivity (Wildman–Crippen MR) is 122 cm³/mol. The van der Waals surface area contributed by atoms with Crippen molar-refractivity contribution in [2.75, 3.05) is 13.1 Å². The van der Waals surface area contributed by atoms with Crippen LogP contribution in [0.2, 0.25) is 0 Å². The number of hydrogen-bond acceptors (Lipinski definition) is 5. The van der Waals surface area contributed by atoms with Crippen LogP contribution in [0.5, 0.6) is 0 Å². The van der Waals surface area contributed by atoms with Gasteiger partial charge in [-0.15, -0.1) is 11.3 Å². The molecule has 5 rings (SSSR count). The molecule has 0 unspecified atom stereocenters. The summed E-state index contributed by atoms with van der Waals surface area (Å²) in [6.07, 6.45) is 5.38. The van der Waals surface area contributed by atoms with E-state index < -0.39 is 5.82 Å². The van der Waals surface area contributed by atoms with Crippen molar-refractivity contribution in [1.29, 1.82) is 5.26 Å². The van der Waals surface area contributed by atoms with Crippen molar-refractivity contribution >= 4 is 22.8 Å². The highest BCUT2D eigenvalue weighted by Crippen LogP contribution is 2.40. The lowest BCUT2D eigenvalue weighted by Crippen LogP contribution is -2.45. The number of nitrogens with two attached hydrogens (primary N) is 1. The van der Waals surface area contributed by atoms with Crippen molar-refractivity contribution in [2.24, 2.45) is 5.73 Å². The Hall–Kier alpha value is -3.54. The van der Waals surface area contributed by atoms with Crippen molar-refractivity contribution in [1.82, 2.24) is 14.5 Å². The molecule has 1 fully saturated rings. The van der Waals surface area contributed by atoms with E-state index in [-0.39, 0.29) is 17.5 Å². The van der Waals surface area contributed by atoms with E-state index in [1.807, 2.05) is 36.5 Å². The van der Waals surface area contributed by atoms with Crippen LogP contribution in [-0.2, 0) is 0 Å². The second-order valence-electron chi connectivity index (χ2n) is 7.93. The van der Waals surface area contributed by atoms with Gasteiger partial charge in [0.05, 0.1) is 16.0 Å². The maximum Gasteiger partial charge on any atom is 0.264 e. The largest absolute Gasteiger partial charge is 0.336 e. The maximum atomic E-state index is 14.4. The van der Waals surface area contributed by atoms with Gasteiger partial charge >= 0.3 is 0 Å². The van der Waals surface area contributed by atoms with Gasteiger partial charge in [0.15, 0.2) is 0 Å². The molecule has 160 valence electrons. The number of halogens is 1. The molecule has 0 bridgehead atoms. The number of amides is 1. The SMILES string of the molecule is N#Cc1ccc(-c2cc(C(=O)N3CCC[C@@H](N)C3)sc2-c2ccn3nccc3c2)cc1F. The number of piperidine rings is 1. The summed E-state index contributed by atoms with van der Waals surface area (Å²) in [5.74, 6) is -0.638. The third-order valence-electron chi connectivity index (χ3n) is 5.75. The van der Waals surface area contributed by atoms with Crippen LogP contribution >= 0.6 is 11.3 Å². The molecule has 8 heteroatoms. The van der Waals surface area contributed by atoms with Crippen molar-refractivity contribution in [3.8, 4) is 27.6 Å². The molecule has 2 N–H and O–H groups in total. The summed E-state index contributed by atoms with van der Waals surface area (Å²) in [6.45, 7) is 1.22. The van der Waals surface area contributed by atoms with Crippen LogP contribution in [0, 0.1) is 17.1 Å². The van der Waals surface area contributed by atoms with Crippen LogP contribution in [0.3, 0.4) is 0 Å². The molecule has 1 amide bonds. The Labute approximate surface area is 188 Å². The first kappa shape index (κ1) is 20.4. The number of likely N-dealkylation sites (tertiary alicyclic amines) is 1. The van der Waals surface area contributed by atoms with Crippen LogP contribution < -0.4 is 5.73 Å². The minimum Gasteiger partial charge on any atom is -0.336 e. The molecule has 1 aliphatic rings. The van der Waals surface area contributed by atoms with Gasteiger partial charge < -0.3 is 10.6 Å². The van der Waals surface area contributed by atoms with Gasteiger partial charge in [0.1, 0.15) is 11.9 Å². The smallest absolute Gasteiger partial charge is 0.264 e. The molecule has 0 saturated carbocycles. The number of rotatable bonds is 3. The summed E-state index contributed by atoms with van der Waals surface area (Å²) >= 11 is 1.39. The van der Waals surface area contributed by atoms with E-state index in [9.17, 15) is 9.18 Å². The number of carbonyl (C=O) groups excluding carboxylic acids is 1. The lowest BCUT2D eigenvalue weighted by molar-refractivity contribution is 0.0714. The molecule has 0 radical (unpaired) electrons. The zero-order chi connectivity index (χ0) is 22.2. The molecule has 6 nitrogen and oxygen atoms in total. The van der Waals surface area contributed by atoms with Gasteiger partial charge in [-0.1, -0.05) is 6.07 Å². The number of pyridine rings is 1. The van der Waals surface area contributed by atoms with Crippen LogP contribution in [-0.4, -0.2) is 39.6 Å². The quantitative estimate of drug-likeness (QED) is 0.509. The molecule has 0 aliphatic carbocycles. The van der Waals surface area contributed by atoms with Gasteiger partial charge in [-0.3, -0.25) is 4.79 Å². The Morgan fingerprint density at radius 2 is 2.09 bits per heavy atom. The van der Waals surface area contributed by atoms with Gasteiger partial charge in [0, 0.05) is 42.0 Å². The average Bonchev–Trinajstić information content (AvgIpc) is 3.45. The molecule has 0 spiro atoms. The van der Waals surface area contributed by atoms with Crippen molar-refractivity contribution < 1.29 is 9.18 Å². The average molecular weight is 446 g/mol. The monoisotopic (exact) mass is 445 g/mol. The molecule has 1 aromatic carbocycles. The van der Waals surface area contributed by atoms with Gasteiger partial charge in [-0.2, -0.15) is 10.4 Å². The van der Waals surface area contributed by atoms with E-state index in [4.69, 9.17) is 11.0 Å². The second kappa shape index (κ2) is 8.19. The maximum absolute atomic E-state index is 14.4. The van der Waals surface area contributed by atoms with Crippen molar-refractivity contribution in [3.05, 3.63) is 71.1 Å². The summed E-state index contributed by atoms with van der Waals surface area (Å²) in [5.41, 5.74) is 9.28. The lowest BCUT2D eigenvalue weighted by atomic mass is 10.0. The number of aromatic nitrogens is 2. The third kappa shape index (κ3) is 3.66. The molecular formula is C24H20FN5OS. The van der Waals surface area contributed by atoms with Crippen LogP contribution in [0.25, 0.3) is 27.1 Å². The van der Waals surface area contributed by atoms with E-state index in [1.165, 1.54) is 23.5 Å². The van der Waals surface area contributed by atoms with Crippen molar-refractivity contribution in [3.63, 3.8) is 0 Å². The summed E-state index contributed by atoms with van der Waals surface area (Å²) in [4.78, 5) is 16.5. The molecule has 4 heterocycles. The number of hydrogen-bond donors (Lipinski definition) is 1. The van der Waals surface area contributed by atoms with Crippen LogP contribution in [0.4, 0.5) is 4.39 Å². The lowest BCUT2D eigenvalue weighted by Gasteiger charge is -2.30. The fourth-order valence-corrected chi connectivity index (χ4v) is 5.26. The standard InChI is InChI=1S/C24H20FN5OS/c25-21-11-15(3-4-17(21)13-26)20-12-22(24(31)29-8-1-2-18(27)14-29)32-23(20)16-6-9-30-19(10-16)5-7-28-30/h3-7,9-12,18H,1-2,8,14,27H2/t18-/m1/s1. The fraction of sp³-hybridized carbons (Fsp3) is 0.208. The number of nitrogens with zero attached hydrogens (tertiary/aromatic N) is 4. The van der Waals surface area contributed by atoms with E-state index in [2.05, 4.69) is 5.10 Å². The number of fused-ring (bicyclic) bond motifs is 1. The van der Waals surface area contributed by atoms with E-state index in [0.717, 1.165) is 34.4 Å². The van der Waals surface area contributed by atoms with Gasteiger partial charge in [0.2, 0.25) is 0 Å².